The summed E-state index contributed by atoms with van der Waals surface area (Å²) in [5.74, 6) is 0.888. The van der Waals surface area contributed by atoms with Crippen molar-refractivity contribution in [2.45, 2.75) is 22.7 Å². The van der Waals surface area contributed by atoms with Gasteiger partial charge >= 0.3 is 0 Å². The molecule has 0 aliphatic carbocycles. The van der Waals surface area contributed by atoms with Gasteiger partial charge in [0.2, 0.25) is 0 Å². The Morgan fingerprint density at radius 2 is 1.82 bits per heavy atom. The second-order valence-electron chi connectivity index (χ2n) is 4.91. The Kier molecular flexibility index (Phi) is 4.85. The third kappa shape index (κ3) is 3.36. The second kappa shape index (κ2) is 7.03. The minimum atomic E-state index is 0.888. The molecule has 0 saturated heterocycles. The van der Waals surface area contributed by atoms with Crippen molar-refractivity contribution in [1.82, 2.24) is 14.8 Å². The van der Waals surface area contributed by atoms with Crippen LogP contribution in [0, 0.1) is 6.92 Å². The number of hydrogen-bond donors (Lipinski definition) is 0. The van der Waals surface area contributed by atoms with E-state index in [4.69, 9.17) is 0 Å². The van der Waals surface area contributed by atoms with Crippen LogP contribution < -0.4 is 0 Å². The highest BCUT2D eigenvalue weighted by Crippen LogP contribution is 2.25. The number of para-hydroxylation sites is 1. The van der Waals surface area contributed by atoms with Gasteiger partial charge in [0, 0.05) is 10.6 Å². The maximum atomic E-state index is 4.25. The molecule has 0 aliphatic heterocycles. The first-order valence-electron chi connectivity index (χ1n) is 6.99. The normalized spacial score (nSPS) is 10.8. The molecule has 1 aromatic heterocycles. The zero-order valence-corrected chi connectivity index (χ0v) is 14.2. The Labute approximate surface area is 139 Å². The van der Waals surface area contributed by atoms with Gasteiger partial charge in [-0.25, -0.2) is 0 Å². The molecular formula is C17H17N3S2. The van der Waals surface area contributed by atoms with E-state index in [1.807, 2.05) is 12.1 Å². The van der Waals surface area contributed by atoms with Gasteiger partial charge < -0.3 is 0 Å². The first-order chi connectivity index (χ1) is 10.8. The van der Waals surface area contributed by atoms with Crippen molar-refractivity contribution in [2.75, 3.05) is 6.26 Å². The van der Waals surface area contributed by atoms with E-state index < -0.39 is 0 Å². The fourth-order valence-electron chi connectivity index (χ4n) is 2.19. The predicted octanol–water partition coefficient (Wildman–Crippen LogP) is 4.59. The smallest absolute Gasteiger partial charge is 0.195 e. The number of aryl methyl sites for hydroxylation is 1. The van der Waals surface area contributed by atoms with Crippen LogP contribution in [0.4, 0.5) is 0 Å². The molecule has 22 heavy (non-hydrogen) atoms. The van der Waals surface area contributed by atoms with Crippen LogP contribution >= 0.6 is 23.5 Å². The van der Waals surface area contributed by atoms with E-state index >= 15 is 0 Å². The fraction of sp³-hybridized carbons (Fsp3) is 0.176. The summed E-state index contributed by atoms with van der Waals surface area (Å²) in [6.45, 7) is 2.10. The van der Waals surface area contributed by atoms with Crippen LogP contribution in [0.3, 0.4) is 0 Å². The molecule has 0 saturated carbocycles. The van der Waals surface area contributed by atoms with Gasteiger partial charge in [-0.3, -0.25) is 4.57 Å². The summed E-state index contributed by atoms with van der Waals surface area (Å²) < 4.78 is 2.05. The minimum absolute atomic E-state index is 0.888. The van der Waals surface area contributed by atoms with Crippen LogP contribution in [0.25, 0.3) is 5.69 Å². The molecule has 3 rings (SSSR count). The van der Waals surface area contributed by atoms with Crippen molar-refractivity contribution in [2.24, 2.45) is 0 Å². The van der Waals surface area contributed by atoms with Gasteiger partial charge in [0.15, 0.2) is 5.16 Å². The maximum absolute atomic E-state index is 4.25. The van der Waals surface area contributed by atoms with E-state index in [1.54, 1.807) is 29.9 Å². The molecule has 3 aromatic rings. The Balaban J connectivity index is 1.76. The summed E-state index contributed by atoms with van der Waals surface area (Å²) in [6.07, 6.45) is 3.87. The number of rotatable bonds is 5. The molecule has 0 radical (unpaired) electrons. The van der Waals surface area contributed by atoms with Crippen molar-refractivity contribution in [1.29, 1.82) is 0 Å². The van der Waals surface area contributed by atoms with Crippen molar-refractivity contribution in [3.8, 4) is 5.69 Å². The molecule has 0 atom stereocenters. The van der Waals surface area contributed by atoms with E-state index in [9.17, 15) is 0 Å². The lowest BCUT2D eigenvalue weighted by molar-refractivity contribution is 0.878. The van der Waals surface area contributed by atoms with E-state index in [0.717, 1.165) is 16.6 Å². The number of nitrogens with zero attached hydrogens (tertiary/aromatic N) is 3. The highest BCUT2D eigenvalue weighted by molar-refractivity contribution is 7.98. The van der Waals surface area contributed by atoms with Gasteiger partial charge in [-0.15, -0.1) is 22.0 Å². The summed E-state index contributed by atoms with van der Waals surface area (Å²) >= 11 is 3.47. The number of aromatic nitrogens is 3. The molecule has 112 valence electrons. The molecule has 0 amide bonds. The average molecular weight is 327 g/mol. The Morgan fingerprint density at radius 1 is 1.05 bits per heavy atom. The summed E-state index contributed by atoms with van der Waals surface area (Å²) in [6, 6.07) is 16.9. The topological polar surface area (TPSA) is 30.7 Å². The third-order valence-corrected chi connectivity index (χ3v) is 5.18. The lowest BCUT2D eigenvalue weighted by atomic mass is 10.2. The first kappa shape index (κ1) is 15.2. The highest BCUT2D eigenvalue weighted by atomic mass is 32.2. The third-order valence-electron chi connectivity index (χ3n) is 3.42. The average Bonchev–Trinajstić information content (AvgIpc) is 3.02. The Morgan fingerprint density at radius 3 is 2.55 bits per heavy atom. The van der Waals surface area contributed by atoms with Crippen LogP contribution in [0.1, 0.15) is 11.1 Å². The van der Waals surface area contributed by atoms with E-state index in [0.29, 0.717) is 0 Å². The summed E-state index contributed by atoms with van der Waals surface area (Å²) in [7, 11) is 0. The predicted molar refractivity (Wildman–Crippen MR) is 93.9 cm³/mol. The van der Waals surface area contributed by atoms with Gasteiger partial charge in [-0.2, -0.15) is 0 Å². The van der Waals surface area contributed by atoms with Crippen LogP contribution in [-0.4, -0.2) is 21.0 Å². The summed E-state index contributed by atoms with van der Waals surface area (Å²) in [5, 5.41) is 9.24. The van der Waals surface area contributed by atoms with Crippen molar-refractivity contribution < 1.29 is 0 Å². The first-order valence-corrected chi connectivity index (χ1v) is 9.21. The maximum Gasteiger partial charge on any atom is 0.195 e. The largest absolute Gasteiger partial charge is 0.276 e. The van der Waals surface area contributed by atoms with E-state index in [-0.39, 0.29) is 0 Å². The standard InChI is InChI=1S/C17H17N3S2/c1-13-5-3-4-6-16(13)20-12-18-19-17(20)22-11-14-7-9-15(21-2)10-8-14/h3-10,12H,11H2,1-2H3. The lowest BCUT2D eigenvalue weighted by Gasteiger charge is -2.09. The van der Waals surface area contributed by atoms with Gasteiger partial charge in [-0.1, -0.05) is 42.1 Å². The zero-order valence-electron chi connectivity index (χ0n) is 12.6. The van der Waals surface area contributed by atoms with Gasteiger partial charge in [0.25, 0.3) is 0 Å². The fourth-order valence-corrected chi connectivity index (χ4v) is 3.48. The molecule has 0 spiro atoms. The molecule has 0 bridgehead atoms. The van der Waals surface area contributed by atoms with Crippen molar-refractivity contribution in [3.05, 3.63) is 66.0 Å². The van der Waals surface area contributed by atoms with E-state index in [2.05, 4.69) is 64.3 Å². The minimum Gasteiger partial charge on any atom is -0.276 e. The number of thioether (sulfide) groups is 2. The van der Waals surface area contributed by atoms with E-state index in [1.165, 1.54) is 16.0 Å². The number of benzene rings is 2. The SMILES string of the molecule is CSc1ccc(CSc2nncn2-c2ccccc2C)cc1. The molecule has 0 aliphatic rings. The molecule has 3 nitrogen and oxygen atoms in total. The van der Waals surface area contributed by atoms with Crippen LogP contribution in [0.5, 0.6) is 0 Å². The van der Waals surface area contributed by atoms with Crippen LogP contribution in [0.15, 0.2) is 64.9 Å². The number of hydrogen-bond acceptors (Lipinski definition) is 4. The molecule has 5 heteroatoms. The highest BCUT2D eigenvalue weighted by Gasteiger charge is 2.09. The monoisotopic (exact) mass is 327 g/mol. The molecule has 2 aromatic carbocycles. The van der Waals surface area contributed by atoms with Crippen molar-refractivity contribution >= 4 is 23.5 Å². The van der Waals surface area contributed by atoms with Gasteiger partial charge in [0.1, 0.15) is 6.33 Å². The Bertz CT molecular complexity index is 751. The van der Waals surface area contributed by atoms with Crippen molar-refractivity contribution in [3.63, 3.8) is 0 Å². The molecule has 0 N–H and O–H groups in total. The summed E-state index contributed by atoms with van der Waals surface area (Å²) in [5.41, 5.74) is 3.64. The zero-order chi connectivity index (χ0) is 15.4. The second-order valence-corrected chi connectivity index (χ2v) is 6.73. The molecule has 0 fully saturated rings. The van der Waals surface area contributed by atoms with Gasteiger partial charge in [0.05, 0.1) is 5.69 Å². The quantitative estimate of drug-likeness (QED) is 0.641. The lowest BCUT2D eigenvalue weighted by Crippen LogP contribution is -1.97. The Hall–Kier alpha value is -1.72. The molecule has 0 unspecified atom stereocenters. The molecular weight excluding hydrogens is 310 g/mol. The molecule has 1 heterocycles. The van der Waals surface area contributed by atoms with Crippen LogP contribution in [0.2, 0.25) is 0 Å². The summed E-state index contributed by atoms with van der Waals surface area (Å²) in [4.78, 5) is 1.29. The van der Waals surface area contributed by atoms with Gasteiger partial charge in [-0.05, 0) is 42.5 Å². The van der Waals surface area contributed by atoms with Crippen LogP contribution in [-0.2, 0) is 5.75 Å².